The van der Waals surface area contributed by atoms with Gasteiger partial charge in [0.15, 0.2) is 0 Å². The highest BCUT2D eigenvalue weighted by Crippen LogP contribution is 2.18. The molecule has 82 valence electrons. The van der Waals surface area contributed by atoms with Crippen molar-refractivity contribution in [3.05, 3.63) is 53.1 Å². The van der Waals surface area contributed by atoms with Crippen molar-refractivity contribution in [2.75, 3.05) is 0 Å². The molecule has 3 rings (SSSR count). The summed E-state index contributed by atoms with van der Waals surface area (Å²) >= 11 is 0. The standard InChI is InChI=1S/C12H8N4O/c17-12-10(8-4-1-2-6-13-8)11-9(15-16-12)5-3-7-14-11/h1-7H,(H,16,17). The minimum Gasteiger partial charge on any atom is -0.267 e. The summed E-state index contributed by atoms with van der Waals surface area (Å²) < 4.78 is 0. The highest BCUT2D eigenvalue weighted by Gasteiger charge is 2.11. The lowest BCUT2D eigenvalue weighted by molar-refractivity contribution is 1.02. The van der Waals surface area contributed by atoms with Crippen molar-refractivity contribution in [1.82, 2.24) is 20.2 Å². The number of fused-ring (bicyclic) bond motifs is 1. The number of nitrogens with one attached hydrogen (secondary N) is 1. The highest BCUT2D eigenvalue weighted by atomic mass is 16.1. The van der Waals surface area contributed by atoms with Crippen molar-refractivity contribution in [2.45, 2.75) is 0 Å². The van der Waals surface area contributed by atoms with Crippen LogP contribution in [0.15, 0.2) is 47.5 Å². The van der Waals surface area contributed by atoms with E-state index in [1.807, 2.05) is 6.07 Å². The molecule has 1 N–H and O–H groups in total. The molecule has 0 aliphatic heterocycles. The van der Waals surface area contributed by atoms with Crippen LogP contribution in [-0.4, -0.2) is 20.2 Å². The van der Waals surface area contributed by atoms with Crippen LogP contribution < -0.4 is 5.56 Å². The fourth-order valence-corrected chi connectivity index (χ4v) is 1.70. The zero-order valence-corrected chi connectivity index (χ0v) is 8.79. The van der Waals surface area contributed by atoms with E-state index < -0.39 is 0 Å². The van der Waals surface area contributed by atoms with E-state index in [0.29, 0.717) is 22.3 Å². The number of hydrogen-bond donors (Lipinski definition) is 1. The highest BCUT2D eigenvalue weighted by molar-refractivity contribution is 5.88. The van der Waals surface area contributed by atoms with Crippen molar-refractivity contribution in [2.24, 2.45) is 0 Å². The van der Waals surface area contributed by atoms with Gasteiger partial charge in [0.1, 0.15) is 11.0 Å². The van der Waals surface area contributed by atoms with E-state index in [2.05, 4.69) is 20.2 Å². The maximum absolute atomic E-state index is 11.8. The Morgan fingerprint density at radius 3 is 2.71 bits per heavy atom. The lowest BCUT2D eigenvalue weighted by Crippen LogP contribution is -2.12. The molecule has 0 amide bonds. The molecule has 0 saturated heterocycles. The van der Waals surface area contributed by atoms with E-state index in [4.69, 9.17) is 0 Å². The molecule has 0 aromatic carbocycles. The molecular formula is C12H8N4O. The van der Waals surface area contributed by atoms with Gasteiger partial charge in [-0.3, -0.25) is 14.8 Å². The summed E-state index contributed by atoms with van der Waals surface area (Å²) in [5, 5.41) is 6.39. The molecule has 0 bridgehead atoms. The number of pyridine rings is 2. The van der Waals surface area contributed by atoms with Gasteiger partial charge in [-0.25, -0.2) is 5.10 Å². The number of hydrogen-bond acceptors (Lipinski definition) is 4. The van der Waals surface area contributed by atoms with Gasteiger partial charge in [-0.05, 0) is 24.3 Å². The fourth-order valence-electron chi connectivity index (χ4n) is 1.70. The van der Waals surface area contributed by atoms with Crippen LogP contribution in [0.25, 0.3) is 22.3 Å². The minimum atomic E-state index is -0.282. The lowest BCUT2D eigenvalue weighted by Gasteiger charge is -2.02. The summed E-state index contributed by atoms with van der Waals surface area (Å²) in [7, 11) is 0. The summed E-state index contributed by atoms with van der Waals surface area (Å²) in [6.45, 7) is 0. The van der Waals surface area contributed by atoms with Crippen LogP contribution in [0.4, 0.5) is 0 Å². The summed E-state index contributed by atoms with van der Waals surface area (Å²) in [6.07, 6.45) is 3.28. The van der Waals surface area contributed by atoms with Gasteiger partial charge in [-0.2, -0.15) is 5.10 Å². The van der Waals surface area contributed by atoms with Crippen LogP contribution >= 0.6 is 0 Å². The van der Waals surface area contributed by atoms with E-state index in [0.717, 1.165) is 0 Å². The Morgan fingerprint density at radius 2 is 1.88 bits per heavy atom. The summed E-state index contributed by atoms with van der Waals surface area (Å²) in [5.74, 6) is 0. The summed E-state index contributed by atoms with van der Waals surface area (Å²) in [4.78, 5) is 20.2. The Hall–Kier alpha value is -2.56. The molecule has 17 heavy (non-hydrogen) atoms. The van der Waals surface area contributed by atoms with Crippen LogP contribution in [0.2, 0.25) is 0 Å². The SMILES string of the molecule is O=c1[nH]nc2cccnc2c1-c1ccccn1. The first-order chi connectivity index (χ1) is 8.36. The molecule has 0 unspecified atom stereocenters. The smallest absolute Gasteiger partial charge is 0.267 e. The van der Waals surface area contributed by atoms with Crippen LogP contribution in [0.3, 0.4) is 0 Å². The fraction of sp³-hybridized carbons (Fsp3) is 0. The van der Waals surface area contributed by atoms with E-state index in [-0.39, 0.29) is 5.56 Å². The number of H-pyrrole nitrogens is 1. The second-order valence-corrected chi connectivity index (χ2v) is 3.51. The molecule has 5 heteroatoms. The van der Waals surface area contributed by atoms with Crippen molar-refractivity contribution >= 4 is 11.0 Å². The average Bonchev–Trinajstić information content (AvgIpc) is 2.39. The topological polar surface area (TPSA) is 71.5 Å². The van der Waals surface area contributed by atoms with E-state index in [9.17, 15) is 4.79 Å². The Morgan fingerprint density at radius 1 is 1.00 bits per heavy atom. The molecule has 3 aromatic heterocycles. The second kappa shape index (κ2) is 3.79. The third kappa shape index (κ3) is 1.57. The zero-order chi connectivity index (χ0) is 11.7. The quantitative estimate of drug-likeness (QED) is 0.677. The average molecular weight is 224 g/mol. The lowest BCUT2D eigenvalue weighted by atomic mass is 10.1. The van der Waals surface area contributed by atoms with Crippen molar-refractivity contribution < 1.29 is 0 Å². The summed E-state index contributed by atoms with van der Waals surface area (Å²) in [6, 6.07) is 8.98. The molecule has 0 aliphatic rings. The third-order valence-corrected chi connectivity index (χ3v) is 2.45. The van der Waals surface area contributed by atoms with E-state index in [1.165, 1.54) is 0 Å². The number of aromatic amines is 1. The van der Waals surface area contributed by atoms with Gasteiger partial charge in [0, 0.05) is 12.4 Å². The van der Waals surface area contributed by atoms with Crippen LogP contribution in [0, 0.1) is 0 Å². The molecule has 0 atom stereocenters. The molecular weight excluding hydrogens is 216 g/mol. The van der Waals surface area contributed by atoms with Crippen LogP contribution in [0.5, 0.6) is 0 Å². The van der Waals surface area contributed by atoms with Crippen LogP contribution in [-0.2, 0) is 0 Å². The molecule has 3 heterocycles. The Balaban J connectivity index is 2.43. The summed E-state index contributed by atoms with van der Waals surface area (Å²) in [5.41, 5.74) is 1.98. The van der Waals surface area contributed by atoms with E-state index >= 15 is 0 Å². The normalized spacial score (nSPS) is 10.6. The molecule has 0 saturated carbocycles. The largest absolute Gasteiger partial charge is 0.275 e. The van der Waals surface area contributed by atoms with Gasteiger partial charge in [-0.15, -0.1) is 0 Å². The Bertz CT molecular complexity index is 721. The second-order valence-electron chi connectivity index (χ2n) is 3.51. The molecule has 0 spiro atoms. The molecule has 0 aliphatic carbocycles. The number of rotatable bonds is 1. The molecule has 0 fully saturated rings. The Labute approximate surface area is 96.2 Å². The molecule has 0 radical (unpaired) electrons. The predicted octanol–water partition coefficient (Wildman–Crippen LogP) is 1.38. The van der Waals surface area contributed by atoms with Crippen molar-refractivity contribution in [3.8, 4) is 11.3 Å². The van der Waals surface area contributed by atoms with Gasteiger partial charge < -0.3 is 0 Å². The maximum Gasteiger partial charge on any atom is 0.275 e. The zero-order valence-electron chi connectivity index (χ0n) is 8.79. The van der Waals surface area contributed by atoms with Gasteiger partial charge in [0.05, 0.1) is 11.3 Å². The van der Waals surface area contributed by atoms with Crippen molar-refractivity contribution in [3.63, 3.8) is 0 Å². The first kappa shape index (κ1) is 9.65. The van der Waals surface area contributed by atoms with E-state index in [1.54, 1.807) is 36.7 Å². The Kier molecular flexibility index (Phi) is 2.15. The van der Waals surface area contributed by atoms with Gasteiger partial charge >= 0.3 is 0 Å². The maximum atomic E-state index is 11.8. The molecule has 3 aromatic rings. The first-order valence-electron chi connectivity index (χ1n) is 5.11. The van der Waals surface area contributed by atoms with Gasteiger partial charge in [0.2, 0.25) is 0 Å². The van der Waals surface area contributed by atoms with Crippen molar-refractivity contribution in [1.29, 1.82) is 0 Å². The first-order valence-corrected chi connectivity index (χ1v) is 5.11. The third-order valence-electron chi connectivity index (χ3n) is 2.45. The number of aromatic nitrogens is 4. The number of nitrogens with zero attached hydrogens (tertiary/aromatic N) is 3. The van der Waals surface area contributed by atoms with Gasteiger partial charge in [0.25, 0.3) is 5.56 Å². The molecule has 5 nitrogen and oxygen atoms in total. The monoisotopic (exact) mass is 224 g/mol. The van der Waals surface area contributed by atoms with Gasteiger partial charge in [-0.1, -0.05) is 6.07 Å². The predicted molar refractivity (Wildman–Crippen MR) is 63.4 cm³/mol. The van der Waals surface area contributed by atoms with Crippen LogP contribution in [0.1, 0.15) is 0 Å². The minimum absolute atomic E-state index is 0.282.